The van der Waals surface area contributed by atoms with Gasteiger partial charge in [0.05, 0.1) is 25.7 Å². The van der Waals surface area contributed by atoms with E-state index in [0.717, 1.165) is 0 Å². The highest BCUT2D eigenvalue weighted by Crippen LogP contribution is 2.12. The molecule has 0 aliphatic carbocycles. The van der Waals surface area contributed by atoms with Crippen molar-refractivity contribution in [1.29, 1.82) is 0 Å². The molecule has 13 heavy (non-hydrogen) atoms. The highest BCUT2D eigenvalue weighted by molar-refractivity contribution is 5.87. The summed E-state index contributed by atoms with van der Waals surface area (Å²) in [5, 5.41) is 2.57. The van der Waals surface area contributed by atoms with Crippen molar-refractivity contribution >= 4 is 11.7 Å². The zero-order chi connectivity index (χ0) is 9.84. The zero-order valence-corrected chi connectivity index (χ0v) is 8.00. The topological polar surface area (TPSA) is 58.7 Å². The van der Waals surface area contributed by atoms with E-state index in [2.05, 4.69) is 5.32 Å². The van der Waals surface area contributed by atoms with Gasteiger partial charge in [0, 0.05) is 5.92 Å². The van der Waals surface area contributed by atoms with Crippen LogP contribution in [-0.2, 0) is 14.3 Å². The number of epoxide rings is 1. The number of rotatable bonds is 5. The Bertz CT molecular complexity index is 209. The minimum atomic E-state index is -0.100. The number of carbonyl (C=O) groups is 2. The number of ketones is 1. The third kappa shape index (κ3) is 4.03. The van der Waals surface area contributed by atoms with E-state index in [1.165, 1.54) is 0 Å². The van der Waals surface area contributed by atoms with Crippen LogP contribution < -0.4 is 5.32 Å². The van der Waals surface area contributed by atoms with Crippen LogP contribution in [0.5, 0.6) is 0 Å². The van der Waals surface area contributed by atoms with Gasteiger partial charge in [0.25, 0.3) is 0 Å². The molecule has 1 atom stereocenters. The van der Waals surface area contributed by atoms with Crippen molar-refractivity contribution < 1.29 is 14.3 Å². The van der Waals surface area contributed by atoms with Gasteiger partial charge < -0.3 is 10.1 Å². The summed E-state index contributed by atoms with van der Waals surface area (Å²) in [6.45, 7) is 4.45. The lowest BCUT2D eigenvalue weighted by Gasteiger charge is -2.05. The van der Waals surface area contributed by atoms with E-state index in [1.54, 1.807) is 0 Å². The van der Waals surface area contributed by atoms with Crippen molar-refractivity contribution in [2.24, 2.45) is 5.92 Å². The van der Waals surface area contributed by atoms with Crippen LogP contribution in [-0.4, -0.2) is 30.9 Å². The normalized spacial score (nSPS) is 20.1. The average molecular weight is 185 g/mol. The maximum Gasteiger partial charge on any atom is 0.223 e. The fourth-order valence-electron chi connectivity index (χ4n) is 0.855. The highest BCUT2D eigenvalue weighted by atomic mass is 16.6. The largest absolute Gasteiger partial charge is 0.373 e. The molecule has 4 heteroatoms. The van der Waals surface area contributed by atoms with Gasteiger partial charge >= 0.3 is 0 Å². The Balaban J connectivity index is 2.09. The predicted molar refractivity (Wildman–Crippen MR) is 47.2 cm³/mol. The standard InChI is InChI=1S/C9H15NO3/c1-6(2)8(11)4-10-9(12)3-7-5-13-7/h6-7H,3-5H2,1-2H3,(H,10,12). The van der Waals surface area contributed by atoms with E-state index in [4.69, 9.17) is 4.74 Å². The smallest absolute Gasteiger partial charge is 0.223 e. The number of Topliss-reactive ketones (excluding diaryl/α,β-unsaturated/α-hetero) is 1. The molecule has 1 fully saturated rings. The fraction of sp³-hybridized carbons (Fsp3) is 0.778. The summed E-state index contributed by atoms with van der Waals surface area (Å²) in [7, 11) is 0. The SMILES string of the molecule is CC(C)C(=O)CNC(=O)CC1CO1. The molecular weight excluding hydrogens is 170 g/mol. The minimum absolute atomic E-state index is 0.0162. The lowest BCUT2D eigenvalue weighted by molar-refractivity contribution is -0.126. The van der Waals surface area contributed by atoms with Crippen LogP contribution in [0.25, 0.3) is 0 Å². The predicted octanol–water partition coefficient (Wildman–Crippen LogP) is 0.117. The third-order valence-corrected chi connectivity index (χ3v) is 1.92. The summed E-state index contributed by atoms with van der Waals surface area (Å²) in [6.07, 6.45) is 0.472. The van der Waals surface area contributed by atoms with E-state index in [0.29, 0.717) is 13.0 Å². The minimum Gasteiger partial charge on any atom is -0.373 e. The van der Waals surface area contributed by atoms with E-state index in [1.807, 2.05) is 13.8 Å². The van der Waals surface area contributed by atoms with E-state index in [9.17, 15) is 9.59 Å². The molecule has 0 saturated carbocycles. The van der Waals surface area contributed by atoms with Gasteiger partial charge in [0.1, 0.15) is 0 Å². The molecule has 0 radical (unpaired) electrons. The summed E-state index contributed by atoms with van der Waals surface area (Å²) in [5.41, 5.74) is 0. The Morgan fingerprint density at radius 3 is 2.62 bits per heavy atom. The molecule has 1 unspecified atom stereocenters. The van der Waals surface area contributed by atoms with Gasteiger partial charge in [0.15, 0.2) is 5.78 Å². The Morgan fingerprint density at radius 2 is 2.15 bits per heavy atom. The van der Waals surface area contributed by atoms with Crippen LogP contribution in [0.2, 0.25) is 0 Å². The van der Waals surface area contributed by atoms with Crippen LogP contribution in [0.3, 0.4) is 0 Å². The Kier molecular flexibility index (Phi) is 3.42. The first-order chi connectivity index (χ1) is 6.09. The van der Waals surface area contributed by atoms with E-state index < -0.39 is 0 Å². The molecule has 0 aromatic heterocycles. The third-order valence-electron chi connectivity index (χ3n) is 1.92. The number of ether oxygens (including phenoxy) is 1. The molecule has 1 amide bonds. The number of hydrogen-bond acceptors (Lipinski definition) is 3. The maximum absolute atomic E-state index is 11.1. The van der Waals surface area contributed by atoms with Gasteiger partial charge in [-0.05, 0) is 0 Å². The van der Waals surface area contributed by atoms with Gasteiger partial charge in [-0.15, -0.1) is 0 Å². The zero-order valence-electron chi connectivity index (χ0n) is 8.00. The van der Waals surface area contributed by atoms with Gasteiger partial charge in [-0.3, -0.25) is 9.59 Å². The molecule has 0 spiro atoms. The lowest BCUT2D eigenvalue weighted by Crippen LogP contribution is -2.32. The number of hydrogen-bond donors (Lipinski definition) is 1. The molecule has 1 N–H and O–H groups in total. The number of carbonyl (C=O) groups excluding carboxylic acids is 2. The molecule has 74 valence electrons. The van der Waals surface area contributed by atoms with Crippen LogP contribution in [0.15, 0.2) is 0 Å². The molecule has 1 rings (SSSR count). The van der Waals surface area contributed by atoms with Crippen molar-refractivity contribution in [2.75, 3.05) is 13.2 Å². The van der Waals surface area contributed by atoms with Gasteiger partial charge in [-0.1, -0.05) is 13.8 Å². The van der Waals surface area contributed by atoms with Crippen molar-refractivity contribution in [3.05, 3.63) is 0 Å². The molecule has 1 aliphatic heterocycles. The number of nitrogens with one attached hydrogen (secondary N) is 1. The first-order valence-electron chi connectivity index (χ1n) is 4.50. The van der Waals surface area contributed by atoms with Crippen molar-refractivity contribution in [3.8, 4) is 0 Å². The van der Waals surface area contributed by atoms with E-state index in [-0.39, 0.29) is 30.3 Å². The van der Waals surface area contributed by atoms with Gasteiger partial charge in [-0.2, -0.15) is 0 Å². The van der Waals surface area contributed by atoms with Crippen LogP contribution >= 0.6 is 0 Å². The molecular formula is C9H15NO3. The Morgan fingerprint density at radius 1 is 1.54 bits per heavy atom. The van der Waals surface area contributed by atoms with Gasteiger partial charge in [-0.25, -0.2) is 0 Å². The first-order valence-corrected chi connectivity index (χ1v) is 4.50. The molecule has 0 aromatic rings. The summed E-state index contributed by atoms with van der Waals surface area (Å²) in [4.78, 5) is 22.2. The molecule has 1 aliphatic rings. The summed E-state index contributed by atoms with van der Waals surface area (Å²) in [5.74, 6) is -0.0564. The molecule has 1 heterocycles. The lowest BCUT2D eigenvalue weighted by atomic mass is 10.1. The quantitative estimate of drug-likeness (QED) is 0.619. The van der Waals surface area contributed by atoms with Crippen LogP contribution in [0.4, 0.5) is 0 Å². The molecule has 4 nitrogen and oxygen atoms in total. The molecule has 1 saturated heterocycles. The van der Waals surface area contributed by atoms with Crippen LogP contribution in [0, 0.1) is 5.92 Å². The second-order valence-corrected chi connectivity index (χ2v) is 3.56. The summed E-state index contributed by atoms with van der Waals surface area (Å²) < 4.78 is 4.89. The molecule has 0 aromatic carbocycles. The number of amides is 1. The average Bonchev–Trinajstić information content (AvgIpc) is 2.83. The van der Waals surface area contributed by atoms with Crippen molar-refractivity contribution in [3.63, 3.8) is 0 Å². The first kappa shape index (κ1) is 10.2. The fourth-order valence-corrected chi connectivity index (χ4v) is 0.855. The van der Waals surface area contributed by atoms with Crippen LogP contribution in [0.1, 0.15) is 20.3 Å². The highest BCUT2D eigenvalue weighted by Gasteiger charge is 2.25. The Hall–Kier alpha value is -0.900. The summed E-state index contributed by atoms with van der Waals surface area (Å²) in [6, 6.07) is 0. The second kappa shape index (κ2) is 4.37. The van der Waals surface area contributed by atoms with E-state index >= 15 is 0 Å². The summed E-state index contributed by atoms with van der Waals surface area (Å²) >= 11 is 0. The van der Waals surface area contributed by atoms with Crippen molar-refractivity contribution in [2.45, 2.75) is 26.4 Å². The Labute approximate surface area is 77.6 Å². The molecule has 0 bridgehead atoms. The second-order valence-electron chi connectivity index (χ2n) is 3.56. The monoisotopic (exact) mass is 185 g/mol. The maximum atomic E-state index is 11.1. The van der Waals surface area contributed by atoms with Crippen molar-refractivity contribution in [1.82, 2.24) is 5.32 Å². The van der Waals surface area contributed by atoms with Gasteiger partial charge in [0.2, 0.25) is 5.91 Å².